The second-order valence-corrected chi connectivity index (χ2v) is 5.70. The first-order valence-electron chi connectivity index (χ1n) is 8.58. The number of piperidine rings is 1. The van der Waals surface area contributed by atoms with Crippen LogP contribution in [0.15, 0.2) is 27.8 Å². The van der Waals surface area contributed by atoms with Gasteiger partial charge in [0, 0.05) is 46.1 Å². The van der Waals surface area contributed by atoms with Gasteiger partial charge in [-0.1, -0.05) is 0 Å². The number of carbonyl (C=O) groups excluding carboxylic acids is 2. The maximum absolute atomic E-state index is 11.7. The van der Waals surface area contributed by atoms with E-state index in [0.29, 0.717) is 58.1 Å². The molecular formula is C17H26N4O4. The molecule has 0 unspecified atom stereocenters. The molecule has 0 aromatic carbocycles. The molecule has 1 aromatic rings. The van der Waals surface area contributed by atoms with Crippen molar-refractivity contribution >= 4 is 17.8 Å². The van der Waals surface area contributed by atoms with Crippen LogP contribution in [0.2, 0.25) is 0 Å². The molecule has 2 heterocycles. The third kappa shape index (κ3) is 6.58. The molecule has 2 rings (SSSR count). The maximum atomic E-state index is 11.7. The molecule has 8 heteroatoms. The van der Waals surface area contributed by atoms with Crippen molar-refractivity contribution in [2.75, 3.05) is 33.3 Å². The van der Waals surface area contributed by atoms with Crippen LogP contribution in [0.5, 0.6) is 0 Å². The highest BCUT2D eigenvalue weighted by atomic mass is 16.5. The summed E-state index contributed by atoms with van der Waals surface area (Å²) in [5, 5.41) is 6.28. The number of likely N-dealkylation sites (tertiary alicyclic amines) is 1. The number of furan rings is 1. The molecule has 2 amide bonds. The van der Waals surface area contributed by atoms with Gasteiger partial charge in [-0.2, -0.15) is 0 Å². The topological polar surface area (TPSA) is 96.2 Å². The molecule has 1 aliphatic rings. The minimum Gasteiger partial charge on any atom is -0.467 e. The highest BCUT2D eigenvalue weighted by Gasteiger charge is 2.25. The molecule has 1 aromatic heterocycles. The Hall–Kier alpha value is -2.35. The van der Waals surface area contributed by atoms with Gasteiger partial charge in [-0.05, 0) is 25.0 Å². The number of rotatable bonds is 9. The molecule has 1 saturated heterocycles. The van der Waals surface area contributed by atoms with E-state index in [1.807, 2.05) is 12.1 Å². The zero-order chi connectivity index (χ0) is 17.9. The smallest absolute Gasteiger partial charge is 0.229 e. The molecule has 0 saturated carbocycles. The van der Waals surface area contributed by atoms with Crippen LogP contribution >= 0.6 is 0 Å². The number of imide groups is 1. The lowest BCUT2D eigenvalue weighted by molar-refractivity contribution is -0.147. The van der Waals surface area contributed by atoms with Crippen molar-refractivity contribution in [3.05, 3.63) is 24.2 Å². The van der Waals surface area contributed by atoms with Gasteiger partial charge < -0.3 is 19.8 Å². The first-order valence-corrected chi connectivity index (χ1v) is 8.58. The van der Waals surface area contributed by atoms with Gasteiger partial charge in [0.15, 0.2) is 5.96 Å². The van der Waals surface area contributed by atoms with Gasteiger partial charge in [0.25, 0.3) is 0 Å². The van der Waals surface area contributed by atoms with Gasteiger partial charge in [0.2, 0.25) is 11.8 Å². The highest BCUT2D eigenvalue weighted by molar-refractivity contribution is 5.97. The lowest BCUT2D eigenvalue weighted by Crippen LogP contribution is -2.46. The van der Waals surface area contributed by atoms with E-state index < -0.39 is 0 Å². The summed E-state index contributed by atoms with van der Waals surface area (Å²) >= 11 is 0. The van der Waals surface area contributed by atoms with Gasteiger partial charge >= 0.3 is 0 Å². The monoisotopic (exact) mass is 350 g/mol. The summed E-state index contributed by atoms with van der Waals surface area (Å²) in [4.78, 5) is 28.9. The summed E-state index contributed by atoms with van der Waals surface area (Å²) in [5.74, 6) is 1.28. The van der Waals surface area contributed by atoms with E-state index in [-0.39, 0.29) is 11.8 Å². The quantitative estimate of drug-likeness (QED) is 0.297. The number of aliphatic imine (C=N–C) groups is 1. The molecule has 25 heavy (non-hydrogen) atoms. The molecule has 8 nitrogen and oxygen atoms in total. The predicted molar refractivity (Wildman–Crippen MR) is 92.9 cm³/mol. The molecule has 0 spiro atoms. The number of hydrogen-bond acceptors (Lipinski definition) is 5. The van der Waals surface area contributed by atoms with E-state index >= 15 is 0 Å². The van der Waals surface area contributed by atoms with E-state index in [0.717, 1.165) is 12.2 Å². The molecule has 0 bridgehead atoms. The average Bonchev–Trinajstić information content (AvgIpc) is 3.12. The summed E-state index contributed by atoms with van der Waals surface area (Å²) in [6, 6.07) is 3.71. The third-order valence-corrected chi connectivity index (χ3v) is 3.82. The van der Waals surface area contributed by atoms with Crippen molar-refractivity contribution in [3.63, 3.8) is 0 Å². The molecule has 0 atom stereocenters. The number of guanidine groups is 1. The number of nitrogens with zero attached hydrogens (tertiary/aromatic N) is 2. The van der Waals surface area contributed by atoms with E-state index in [9.17, 15) is 9.59 Å². The second kappa shape index (κ2) is 10.5. The minimum atomic E-state index is -0.0882. The number of nitrogens with one attached hydrogen (secondary N) is 2. The predicted octanol–water partition coefficient (Wildman–Crippen LogP) is 0.890. The van der Waals surface area contributed by atoms with Crippen LogP contribution < -0.4 is 10.6 Å². The largest absolute Gasteiger partial charge is 0.467 e. The van der Waals surface area contributed by atoms with Gasteiger partial charge in [-0.3, -0.25) is 19.5 Å². The van der Waals surface area contributed by atoms with Crippen LogP contribution in [0.1, 0.15) is 31.4 Å². The van der Waals surface area contributed by atoms with Crippen LogP contribution in [-0.4, -0.2) is 56.0 Å². The van der Waals surface area contributed by atoms with E-state index in [1.165, 1.54) is 4.90 Å². The lowest BCUT2D eigenvalue weighted by atomic mass is 10.1. The Kier molecular flexibility index (Phi) is 7.97. The van der Waals surface area contributed by atoms with Crippen molar-refractivity contribution in [1.29, 1.82) is 0 Å². The lowest BCUT2D eigenvalue weighted by Gasteiger charge is -2.25. The summed E-state index contributed by atoms with van der Waals surface area (Å²) in [6.07, 6.45) is 4.02. The SMILES string of the molecule is CN=C(NCCCOCc1ccco1)NCCN1C(=O)CCCC1=O. The maximum Gasteiger partial charge on any atom is 0.229 e. The molecule has 0 radical (unpaired) electrons. The van der Waals surface area contributed by atoms with Crippen LogP contribution in [0.3, 0.4) is 0 Å². The molecular weight excluding hydrogens is 324 g/mol. The van der Waals surface area contributed by atoms with Crippen LogP contribution in [0.25, 0.3) is 0 Å². The van der Waals surface area contributed by atoms with E-state index in [1.54, 1.807) is 13.3 Å². The van der Waals surface area contributed by atoms with Gasteiger partial charge in [0.05, 0.1) is 6.26 Å². The standard InChI is InChI=1S/C17H26N4O4/c1-18-17(19-8-4-11-24-13-14-5-3-12-25-14)20-9-10-21-15(22)6-2-7-16(21)23/h3,5,12H,2,4,6-11,13H2,1H3,(H2,18,19,20). The zero-order valence-corrected chi connectivity index (χ0v) is 14.6. The van der Waals surface area contributed by atoms with Gasteiger partial charge in [-0.25, -0.2) is 0 Å². The Morgan fingerprint density at radius 2 is 2.04 bits per heavy atom. The Balaban J connectivity index is 1.54. The molecule has 138 valence electrons. The van der Waals surface area contributed by atoms with Crippen molar-refractivity contribution in [1.82, 2.24) is 15.5 Å². The second-order valence-electron chi connectivity index (χ2n) is 5.70. The van der Waals surface area contributed by atoms with Crippen molar-refractivity contribution < 1.29 is 18.7 Å². The van der Waals surface area contributed by atoms with Crippen molar-refractivity contribution in [2.45, 2.75) is 32.3 Å². The Labute approximate surface area is 147 Å². The fourth-order valence-electron chi connectivity index (χ4n) is 2.50. The van der Waals surface area contributed by atoms with Crippen LogP contribution in [-0.2, 0) is 20.9 Å². The Morgan fingerprint density at radius 1 is 1.28 bits per heavy atom. The Bertz CT molecular complexity index is 555. The molecule has 1 aliphatic heterocycles. The number of ether oxygens (including phenoxy) is 1. The number of amides is 2. The first kappa shape index (κ1) is 19.0. The van der Waals surface area contributed by atoms with Crippen LogP contribution in [0.4, 0.5) is 0 Å². The van der Waals surface area contributed by atoms with Crippen LogP contribution in [0, 0.1) is 0 Å². The number of hydrogen-bond donors (Lipinski definition) is 2. The summed E-state index contributed by atoms with van der Waals surface area (Å²) < 4.78 is 10.7. The molecule has 0 aliphatic carbocycles. The highest BCUT2D eigenvalue weighted by Crippen LogP contribution is 2.11. The first-order chi connectivity index (χ1) is 12.2. The molecule has 2 N–H and O–H groups in total. The van der Waals surface area contributed by atoms with Crippen molar-refractivity contribution in [3.8, 4) is 0 Å². The summed E-state index contributed by atoms with van der Waals surface area (Å²) in [6.45, 7) is 2.63. The van der Waals surface area contributed by atoms with E-state index in [2.05, 4.69) is 15.6 Å². The summed E-state index contributed by atoms with van der Waals surface area (Å²) in [7, 11) is 1.68. The van der Waals surface area contributed by atoms with Gasteiger partial charge in [-0.15, -0.1) is 0 Å². The van der Waals surface area contributed by atoms with E-state index in [4.69, 9.17) is 9.15 Å². The Morgan fingerprint density at radius 3 is 2.72 bits per heavy atom. The fraction of sp³-hybridized carbons (Fsp3) is 0.588. The third-order valence-electron chi connectivity index (χ3n) is 3.82. The molecule has 1 fully saturated rings. The number of carbonyl (C=O) groups is 2. The summed E-state index contributed by atoms with van der Waals surface area (Å²) in [5.41, 5.74) is 0. The van der Waals surface area contributed by atoms with Gasteiger partial charge in [0.1, 0.15) is 12.4 Å². The van der Waals surface area contributed by atoms with Crippen molar-refractivity contribution in [2.24, 2.45) is 4.99 Å². The minimum absolute atomic E-state index is 0.0882. The average molecular weight is 350 g/mol. The normalized spacial score (nSPS) is 15.6. The zero-order valence-electron chi connectivity index (χ0n) is 14.6. The fourth-order valence-corrected chi connectivity index (χ4v) is 2.50.